The third kappa shape index (κ3) is 5.37. The quantitative estimate of drug-likeness (QED) is 0.308. The number of H-pyrrole nitrogens is 1. The summed E-state index contributed by atoms with van der Waals surface area (Å²) in [6, 6.07) is 6.02. The lowest BCUT2D eigenvalue weighted by Crippen LogP contribution is -2.45. The molecule has 14 nitrogen and oxygen atoms in total. The second kappa shape index (κ2) is 10.6. The summed E-state index contributed by atoms with van der Waals surface area (Å²) in [6.07, 6.45) is 2.71. The molecule has 4 heterocycles. The zero-order valence-corrected chi connectivity index (χ0v) is 24.7. The van der Waals surface area contributed by atoms with Crippen LogP contribution in [0.4, 0.5) is 11.5 Å². The van der Waals surface area contributed by atoms with Gasteiger partial charge in [-0.05, 0) is 31.3 Å². The predicted molar refractivity (Wildman–Crippen MR) is 156 cm³/mol. The van der Waals surface area contributed by atoms with Crippen molar-refractivity contribution in [3.05, 3.63) is 58.5 Å². The van der Waals surface area contributed by atoms with Crippen LogP contribution in [0.15, 0.2) is 30.5 Å². The topological polar surface area (TPSA) is 187 Å². The van der Waals surface area contributed by atoms with Crippen LogP contribution in [0.5, 0.6) is 0 Å². The van der Waals surface area contributed by atoms with Crippen molar-refractivity contribution >= 4 is 39.3 Å². The fraction of sp³-hybridized carbons (Fsp3) is 0.407. The highest BCUT2D eigenvalue weighted by Gasteiger charge is 2.39. The second-order valence-corrected chi connectivity index (χ2v) is 13.4. The van der Waals surface area contributed by atoms with Crippen LogP contribution >= 0.6 is 0 Å². The Labute approximate surface area is 243 Å². The van der Waals surface area contributed by atoms with Crippen molar-refractivity contribution < 1.29 is 27.9 Å². The Balaban J connectivity index is 1.60. The minimum Gasteiger partial charge on any atom is -0.477 e. The first-order valence-corrected chi connectivity index (χ1v) is 15.2. The number of aromatic carboxylic acids is 1. The van der Waals surface area contributed by atoms with Crippen LogP contribution in [-0.4, -0.2) is 101 Å². The average Bonchev–Trinajstić information content (AvgIpc) is 3.56. The van der Waals surface area contributed by atoms with Crippen molar-refractivity contribution in [1.29, 1.82) is 0 Å². The van der Waals surface area contributed by atoms with Gasteiger partial charge in [-0.25, -0.2) is 13.2 Å². The molecule has 0 aliphatic carbocycles. The number of anilines is 2. The van der Waals surface area contributed by atoms with E-state index in [4.69, 9.17) is 5.73 Å². The Bertz CT molecular complexity index is 1680. The molecule has 5 N–H and O–H groups in total. The minimum atomic E-state index is -3.53. The van der Waals surface area contributed by atoms with Crippen molar-refractivity contribution in [2.45, 2.75) is 25.8 Å². The van der Waals surface area contributed by atoms with Crippen LogP contribution in [-0.2, 0) is 22.0 Å². The van der Waals surface area contributed by atoms with Gasteiger partial charge < -0.3 is 30.5 Å². The van der Waals surface area contributed by atoms with E-state index < -0.39 is 33.2 Å². The molecule has 5 rings (SSSR count). The van der Waals surface area contributed by atoms with E-state index in [1.807, 2.05) is 25.8 Å². The van der Waals surface area contributed by atoms with Gasteiger partial charge in [-0.2, -0.15) is 9.40 Å². The van der Waals surface area contributed by atoms with Gasteiger partial charge >= 0.3 is 5.97 Å². The number of piperazine rings is 1. The number of carbonyl (C=O) groups excluding carboxylic acids is 2. The molecule has 0 atom stereocenters. The van der Waals surface area contributed by atoms with E-state index in [1.165, 1.54) is 27.1 Å². The zero-order valence-electron chi connectivity index (χ0n) is 23.8. The van der Waals surface area contributed by atoms with Crippen LogP contribution in [0.2, 0.25) is 0 Å². The lowest BCUT2D eigenvalue weighted by atomic mass is 9.84. The molecule has 0 spiro atoms. The maximum Gasteiger partial charge on any atom is 0.352 e. The van der Waals surface area contributed by atoms with Gasteiger partial charge in [0.25, 0.3) is 5.91 Å². The Morgan fingerprint density at radius 1 is 1.10 bits per heavy atom. The van der Waals surface area contributed by atoms with E-state index in [-0.39, 0.29) is 35.7 Å². The highest BCUT2D eigenvalue weighted by atomic mass is 32.2. The number of likely N-dealkylation sites (N-methyl/N-ethyl adjacent to an activating group) is 1. The number of nitrogens with zero attached hydrogens (tertiary/aromatic N) is 5. The molecule has 0 bridgehead atoms. The number of fused-ring (bicyclic) bond motifs is 1. The maximum absolute atomic E-state index is 13.8. The molecule has 42 heavy (non-hydrogen) atoms. The van der Waals surface area contributed by atoms with E-state index in [2.05, 4.69) is 20.4 Å². The summed E-state index contributed by atoms with van der Waals surface area (Å²) in [4.78, 5) is 42.7. The van der Waals surface area contributed by atoms with Crippen LogP contribution in [0.1, 0.15) is 56.3 Å². The summed E-state index contributed by atoms with van der Waals surface area (Å²) < 4.78 is 27.6. The number of nitrogens with one attached hydrogen (secondary N) is 2. The largest absolute Gasteiger partial charge is 0.477 e. The first kappa shape index (κ1) is 29.3. The number of aromatic nitrogens is 3. The summed E-state index contributed by atoms with van der Waals surface area (Å²) in [5, 5.41) is 19.8. The van der Waals surface area contributed by atoms with Crippen molar-refractivity contribution in [2.75, 3.05) is 56.2 Å². The molecular weight excluding hydrogens is 564 g/mol. The average molecular weight is 599 g/mol. The van der Waals surface area contributed by atoms with Gasteiger partial charge in [-0.3, -0.25) is 14.7 Å². The standard InChI is InChI=1S/C27H34N8O6S/c1-27(2)15-34(42(4,40)41)14-18-22(27)30-31-24(18)29-25(37)17-13-21(35-7-5-6-19(35)26(38)39)20(12-16(17)23(28)36)33-10-8-32(3)9-11-33/h5-7,12-13H,8-11,14-15H2,1-4H3,(H2,28,36)(H,38,39)(H2,29,30,31,37). The molecular formula is C27H34N8O6S. The maximum atomic E-state index is 13.8. The monoisotopic (exact) mass is 598 g/mol. The van der Waals surface area contributed by atoms with Crippen molar-refractivity contribution in [3.63, 3.8) is 0 Å². The summed E-state index contributed by atoms with van der Waals surface area (Å²) in [6.45, 7) is 6.71. The molecule has 1 saturated heterocycles. The number of sulfonamides is 1. The smallest absolute Gasteiger partial charge is 0.352 e. The molecule has 1 aromatic carbocycles. The SMILES string of the molecule is CN1CCN(c2cc(C(N)=O)c(C(=O)Nc3n[nH]c4c3CN(S(C)(=O)=O)CC4(C)C)cc2-n2cccc2C(=O)O)CC1. The number of nitrogens with two attached hydrogens (primary N) is 1. The molecule has 15 heteroatoms. The van der Waals surface area contributed by atoms with Gasteiger partial charge in [0.15, 0.2) is 5.82 Å². The molecule has 2 aliphatic rings. The summed E-state index contributed by atoms with van der Waals surface area (Å²) in [5.41, 5.74) is 7.18. The van der Waals surface area contributed by atoms with Gasteiger partial charge in [0, 0.05) is 62.1 Å². The molecule has 2 aliphatic heterocycles. The highest BCUT2D eigenvalue weighted by Crippen LogP contribution is 2.37. The summed E-state index contributed by atoms with van der Waals surface area (Å²) >= 11 is 0. The Hall–Kier alpha value is -4.21. The van der Waals surface area contributed by atoms with Gasteiger partial charge in [0.05, 0.1) is 28.8 Å². The van der Waals surface area contributed by atoms with Crippen LogP contribution in [0.25, 0.3) is 5.69 Å². The van der Waals surface area contributed by atoms with Crippen LogP contribution in [0.3, 0.4) is 0 Å². The van der Waals surface area contributed by atoms with Crippen molar-refractivity contribution in [1.82, 2.24) is 24.0 Å². The van der Waals surface area contributed by atoms with E-state index in [0.717, 1.165) is 19.3 Å². The third-order valence-corrected chi connectivity index (χ3v) is 9.04. The molecule has 3 aromatic rings. The van der Waals surface area contributed by atoms with Crippen LogP contribution in [0, 0.1) is 0 Å². The number of amides is 2. The fourth-order valence-corrected chi connectivity index (χ4v) is 6.49. The number of benzene rings is 1. The van der Waals surface area contributed by atoms with E-state index >= 15 is 0 Å². The van der Waals surface area contributed by atoms with Gasteiger partial charge in [0.2, 0.25) is 15.9 Å². The molecule has 1 fully saturated rings. The summed E-state index contributed by atoms with van der Waals surface area (Å²) in [5.74, 6) is -2.57. The minimum absolute atomic E-state index is 0.00528. The number of rotatable bonds is 7. The van der Waals surface area contributed by atoms with Crippen molar-refractivity contribution in [2.24, 2.45) is 5.73 Å². The number of aromatic amines is 1. The van der Waals surface area contributed by atoms with Gasteiger partial charge in [-0.1, -0.05) is 13.8 Å². The molecule has 2 aromatic heterocycles. The van der Waals surface area contributed by atoms with Gasteiger partial charge in [-0.15, -0.1) is 0 Å². The molecule has 0 saturated carbocycles. The lowest BCUT2D eigenvalue weighted by molar-refractivity contribution is 0.0687. The number of carbonyl (C=O) groups is 3. The number of carboxylic acid groups (broad SMARTS) is 1. The third-order valence-electron chi connectivity index (χ3n) is 7.85. The van der Waals surface area contributed by atoms with Crippen LogP contribution < -0.4 is 16.0 Å². The van der Waals surface area contributed by atoms with E-state index in [0.29, 0.717) is 35.7 Å². The number of carboxylic acids is 1. The number of primary amides is 1. The Kier molecular flexibility index (Phi) is 7.37. The number of hydrogen-bond acceptors (Lipinski definition) is 8. The van der Waals surface area contributed by atoms with E-state index in [9.17, 15) is 27.9 Å². The molecule has 0 unspecified atom stereocenters. The summed E-state index contributed by atoms with van der Waals surface area (Å²) in [7, 11) is -1.54. The molecule has 0 radical (unpaired) electrons. The Morgan fingerprint density at radius 2 is 1.76 bits per heavy atom. The fourth-order valence-electron chi connectivity index (χ4n) is 5.57. The zero-order chi connectivity index (χ0) is 30.6. The normalized spacial score (nSPS) is 17.6. The van der Waals surface area contributed by atoms with Crippen molar-refractivity contribution in [3.8, 4) is 5.69 Å². The first-order chi connectivity index (χ1) is 19.7. The number of hydrogen-bond donors (Lipinski definition) is 4. The predicted octanol–water partition coefficient (Wildman–Crippen LogP) is 1.05. The highest BCUT2D eigenvalue weighted by molar-refractivity contribution is 7.88. The molecule has 2 amide bonds. The second-order valence-electron chi connectivity index (χ2n) is 11.4. The molecule has 224 valence electrons. The lowest BCUT2D eigenvalue weighted by Gasteiger charge is -2.36. The van der Waals surface area contributed by atoms with Gasteiger partial charge in [0.1, 0.15) is 5.69 Å². The van der Waals surface area contributed by atoms with E-state index in [1.54, 1.807) is 12.3 Å². The first-order valence-electron chi connectivity index (χ1n) is 13.3. The Morgan fingerprint density at radius 3 is 2.38 bits per heavy atom.